The molecule has 4 rings (SSSR count). The van der Waals surface area contributed by atoms with Crippen LogP contribution in [-0.2, 0) is 33.1 Å². The Morgan fingerprint density at radius 3 is 2.52 bits per heavy atom. The van der Waals surface area contributed by atoms with Crippen molar-refractivity contribution in [3.8, 4) is 5.75 Å². The molecule has 0 radical (unpaired) electrons. The van der Waals surface area contributed by atoms with Crippen LogP contribution in [0.15, 0.2) is 52.2 Å². The van der Waals surface area contributed by atoms with Crippen LogP contribution in [0.3, 0.4) is 0 Å². The number of fused-ring (bicyclic) bond motifs is 2. The van der Waals surface area contributed by atoms with Crippen molar-refractivity contribution in [2.24, 2.45) is 7.05 Å². The van der Waals surface area contributed by atoms with E-state index in [1.54, 1.807) is 18.2 Å². The molecular formula is C21H17N3O8S. The van der Waals surface area contributed by atoms with E-state index in [0.29, 0.717) is 9.87 Å². The molecule has 0 atom stereocenters. The van der Waals surface area contributed by atoms with Crippen molar-refractivity contribution < 1.29 is 33.0 Å². The van der Waals surface area contributed by atoms with Gasteiger partial charge in [-0.2, -0.15) is 0 Å². The molecule has 1 aromatic heterocycles. The highest BCUT2D eigenvalue weighted by atomic mass is 32.2. The Bertz CT molecular complexity index is 1520. The molecule has 3 aromatic rings. The fraction of sp³-hybridized carbons (Fsp3) is 0.143. The first-order chi connectivity index (χ1) is 15.5. The number of carbonyl (C=O) groups is 3. The van der Waals surface area contributed by atoms with Gasteiger partial charge in [0.05, 0.1) is 22.5 Å². The quantitative estimate of drug-likeness (QED) is 0.479. The summed E-state index contributed by atoms with van der Waals surface area (Å²) in [4.78, 5) is 47.8. The molecule has 1 aliphatic heterocycles. The number of carboxylic acid groups (broad SMARTS) is 1. The molecule has 11 nitrogen and oxygen atoms in total. The Morgan fingerprint density at radius 2 is 1.82 bits per heavy atom. The minimum atomic E-state index is -4.38. The smallest absolute Gasteiger partial charge is 0.322 e. The number of aromatic nitrogens is 1. The number of carboxylic acids is 1. The van der Waals surface area contributed by atoms with Crippen LogP contribution >= 0.6 is 0 Å². The highest BCUT2D eigenvalue weighted by Crippen LogP contribution is 2.35. The van der Waals surface area contributed by atoms with Gasteiger partial charge in [-0.15, -0.1) is 0 Å². The number of aryl methyl sites for hydroxylation is 1. The van der Waals surface area contributed by atoms with Crippen molar-refractivity contribution >= 4 is 44.4 Å². The Kier molecular flexibility index (Phi) is 5.17. The van der Waals surface area contributed by atoms with Gasteiger partial charge in [-0.3, -0.25) is 19.2 Å². The molecule has 0 fully saturated rings. The summed E-state index contributed by atoms with van der Waals surface area (Å²) < 4.78 is 28.4. The van der Waals surface area contributed by atoms with E-state index in [4.69, 9.17) is 5.11 Å². The van der Waals surface area contributed by atoms with Gasteiger partial charge in [-0.05, 0) is 29.8 Å². The van der Waals surface area contributed by atoms with Crippen molar-refractivity contribution in [3.63, 3.8) is 0 Å². The fourth-order valence-electron chi connectivity index (χ4n) is 3.72. The molecule has 170 valence electrons. The first kappa shape index (κ1) is 22.0. The van der Waals surface area contributed by atoms with Gasteiger partial charge in [-0.25, -0.2) is 12.7 Å². The number of amides is 2. The molecular weight excluding hydrogens is 454 g/mol. The number of rotatable bonds is 5. The molecule has 33 heavy (non-hydrogen) atoms. The molecule has 0 aliphatic carbocycles. The number of pyridine rings is 1. The molecule has 2 amide bonds. The van der Waals surface area contributed by atoms with Crippen molar-refractivity contribution in [3.05, 3.63) is 63.9 Å². The Hall–Kier alpha value is -4.19. The predicted molar refractivity (Wildman–Crippen MR) is 116 cm³/mol. The van der Waals surface area contributed by atoms with E-state index in [1.165, 1.54) is 25.2 Å². The third-order valence-corrected chi connectivity index (χ3v) is 7.01. The van der Waals surface area contributed by atoms with Gasteiger partial charge in [0.25, 0.3) is 21.5 Å². The fourth-order valence-corrected chi connectivity index (χ4v) is 5.20. The molecule has 2 aromatic carbocycles. The number of nitrogens with one attached hydrogen (secondary N) is 1. The summed E-state index contributed by atoms with van der Waals surface area (Å²) in [6.07, 6.45) is -0.0867. The van der Waals surface area contributed by atoms with Gasteiger partial charge in [0, 0.05) is 12.4 Å². The van der Waals surface area contributed by atoms with Crippen LogP contribution in [0.2, 0.25) is 0 Å². The summed E-state index contributed by atoms with van der Waals surface area (Å²) in [7, 11) is -3.07. The zero-order valence-electron chi connectivity index (χ0n) is 17.1. The van der Waals surface area contributed by atoms with Gasteiger partial charge < -0.3 is 20.1 Å². The number of carbonyl (C=O) groups excluding carboxylic acids is 2. The van der Waals surface area contributed by atoms with Gasteiger partial charge in [0.2, 0.25) is 5.91 Å². The maximum atomic E-state index is 13.3. The molecule has 1 aliphatic rings. The summed E-state index contributed by atoms with van der Waals surface area (Å²) in [6, 6.07) is 9.96. The second-order valence-electron chi connectivity index (χ2n) is 7.31. The second-order valence-corrected chi connectivity index (χ2v) is 9.10. The van der Waals surface area contributed by atoms with E-state index in [0.717, 1.165) is 10.6 Å². The van der Waals surface area contributed by atoms with E-state index in [9.17, 15) is 32.7 Å². The molecule has 12 heteroatoms. The third-order valence-electron chi connectivity index (χ3n) is 5.28. The monoisotopic (exact) mass is 471 g/mol. The van der Waals surface area contributed by atoms with Gasteiger partial charge in [0.1, 0.15) is 17.9 Å². The lowest BCUT2D eigenvalue weighted by atomic mass is 10.1. The highest BCUT2D eigenvalue weighted by Gasteiger charge is 2.37. The van der Waals surface area contributed by atoms with Crippen LogP contribution in [0.5, 0.6) is 5.75 Å². The Labute approximate surface area is 186 Å². The molecule has 0 spiro atoms. The van der Waals surface area contributed by atoms with E-state index >= 15 is 0 Å². The van der Waals surface area contributed by atoms with Crippen LogP contribution in [0.4, 0.5) is 5.69 Å². The van der Waals surface area contributed by atoms with Crippen molar-refractivity contribution in [1.82, 2.24) is 9.88 Å². The summed E-state index contributed by atoms with van der Waals surface area (Å²) in [5, 5.41) is 21.2. The van der Waals surface area contributed by atoms with E-state index in [2.05, 4.69) is 0 Å². The molecule has 0 saturated carbocycles. The number of aromatic hydroxyl groups is 1. The number of hydrogen-bond acceptors (Lipinski definition) is 7. The number of para-hydroxylation sites is 1. The minimum absolute atomic E-state index is 0.0867. The molecule has 2 heterocycles. The van der Waals surface area contributed by atoms with Crippen LogP contribution in [-0.4, -0.2) is 47.5 Å². The van der Waals surface area contributed by atoms with Crippen molar-refractivity contribution in [2.75, 3.05) is 10.8 Å². The van der Waals surface area contributed by atoms with E-state index in [1.807, 2.05) is 5.32 Å². The molecule has 3 N–H and O–H groups in total. The zero-order valence-corrected chi connectivity index (χ0v) is 17.9. The largest absolute Gasteiger partial charge is 0.506 e. The summed E-state index contributed by atoms with van der Waals surface area (Å²) in [5.41, 5.74) is -0.736. The maximum absolute atomic E-state index is 13.3. The lowest BCUT2D eigenvalue weighted by Crippen LogP contribution is -2.35. The van der Waals surface area contributed by atoms with Crippen LogP contribution in [0.1, 0.15) is 15.9 Å². The first-order valence-corrected chi connectivity index (χ1v) is 11.0. The molecule has 0 bridgehead atoms. The van der Waals surface area contributed by atoms with E-state index in [-0.39, 0.29) is 27.9 Å². The van der Waals surface area contributed by atoms with Crippen LogP contribution in [0.25, 0.3) is 10.9 Å². The number of benzene rings is 2. The van der Waals surface area contributed by atoms with Crippen molar-refractivity contribution in [2.45, 2.75) is 11.3 Å². The van der Waals surface area contributed by atoms with Crippen LogP contribution < -0.4 is 15.2 Å². The summed E-state index contributed by atoms with van der Waals surface area (Å²) >= 11 is 0. The number of aliphatic carboxylic acids is 1. The van der Waals surface area contributed by atoms with Crippen molar-refractivity contribution in [1.29, 1.82) is 0 Å². The maximum Gasteiger partial charge on any atom is 0.322 e. The normalized spacial score (nSPS) is 13.2. The average Bonchev–Trinajstić information content (AvgIpc) is 3.12. The molecule has 0 unspecified atom stereocenters. The highest BCUT2D eigenvalue weighted by molar-refractivity contribution is 7.93. The Morgan fingerprint density at radius 1 is 1.12 bits per heavy atom. The Balaban J connectivity index is 1.88. The van der Waals surface area contributed by atoms with Gasteiger partial charge in [-0.1, -0.05) is 18.2 Å². The lowest BCUT2D eigenvalue weighted by molar-refractivity contribution is -0.135. The van der Waals surface area contributed by atoms with E-state index < -0.39 is 51.2 Å². The number of hydrogen-bond donors (Lipinski definition) is 3. The van der Waals surface area contributed by atoms with Gasteiger partial charge >= 0.3 is 5.97 Å². The van der Waals surface area contributed by atoms with Crippen LogP contribution in [0, 0.1) is 0 Å². The van der Waals surface area contributed by atoms with Gasteiger partial charge in [0.15, 0.2) is 0 Å². The number of sulfonamides is 1. The summed E-state index contributed by atoms with van der Waals surface area (Å²) in [6.45, 7) is -0.787. The second kappa shape index (κ2) is 7.74. The average molecular weight is 471 g/mol. The lowest BCUT2D eigenvalue weighted by Gasteiger charge is -2.19. The molecule has 0 saturated heterocycles. The number of anilines is 1. The first-order valence-electron chi connectivity index (χ1n) is 9.55. The topological polar surface area (TPSA) is 163 Å². The number of nitrogens with zero attached hydrogens (tertiary/aromatic N) is 2. The standard InChI is InChI=1S/C21H17N3O8S/c1-23-15-7-6-12(33(31,32)24-14-5-3-2-4-11(14)8-16(24)25)9-13(15)19(28)18(21(23)30)20(29)22-10-17(26)27/h2-7,9,28H,8,10H2,1H3,(H,22,29)(H,26,27). The zero-order chi connectivity index (χ0) is 24.1. The summed E-state index contributed by atoms with van der Waals surface area (Å²) in [5.74, 6) is -3.94. The third kappa shape index (κ3) is 3.49. The SMILES string of the molecule is Cn1c(=O)c(C(=O)NCC(=O)O)c(O)c2cc(S(=O)(=O)N3C(=O)Cc4ccccc43)ccc21. The minimum Gasteiger partial charge on any atom is -0.506 e. The predicted octanol–water partition coefficient (Wildman–Crippen LogP) is 0.337.